The van der Waals surface area contributed by atoms with Gasteiger partial charge in [0.1, 0.15) is 30.0 Å². The third-order valence-corrected chi connectivity index (χ3v) is 13.9. The first-order chi connectivity index (χ1) is 31.7. The lowest BCUT2D eigenvalue weighted by Crippen LogP contribution is -2.82. The highest BCUT2D eigenvalue weighted by molar-refractivity contribution is 5.96. The molecule has 3 fully saturated rings. The van der Waals surface area contributed by atoms with Gasteiger partial charge in [-0.05, 0) is 61.7 Å². The molecule has 0 spiro atoms. The van der Waals surface area contributed by atoms with Gasteiger partial charge in [-0.3, -0.25) is 19.2 Å². The van der Waals surface area contributed by atoms with Crippen LogP contribution >= 0.6 is 0 Å². The van der Waals surface area contributed by atoms with Gasteiger partial charge in [-0.25, -0.2) is 14.4 Å². The number of rotatable bonds is 12. The topological polar surface area (TPSA) is 237 Å². The van der Waals surface area contributed by atoms with E-state index in [1.54, 1.807) is 92.7 Å². The Morgan fingerprint density at radius 2 is 1.43 bits per heavy atom. The van der Waals surface area contributed by atoms with Crippen molar-refractivity contribution < 1.29 is 76.9 Å². The minimum atomic E-state index is -2.45. The molecular weight excluding hydrogens is 871 g/mol. The molecule has 356 valence electrons. The molecule has 3 aromatic rings. The summed E-state index contributed by atoms with van der Waals surface area (Å²) in [6, 6.07) is 22.6. The van der Waals surface area contributed by atoms with E-state index in [0.29, 0.717) is 5.56 Å². The Morgan fingerprint density at radius 3 is 1.99 bits per heavy atom. The third kappa shape index (κ3) is 8.59. The predicted octanol–water partition coefficient (Wildman–Crippen LogP) is 4.92. The quantitative estimate of drug-likeness (QED) is 0.124. The van der Waals surface area contributed by atoms with Crippen LogP contribution in [0.1, 0.15) is 93.6 Å². The Labute approximate surface area is 387 Å². The van der Waals surface area contributed by atoms with Gasteiger partial charge in [0.2, 0.25) is 6.10 Å². The molecule has 0 radical (unpaired) electrons. The molecule has 4 aliphatic rings. The average Bonchev–Trinajstić information content (AvgIpc) is 3.29. The van der Waals surface area contributed by atoms with Crippen molar-refractivity contribution in [3.8, 4) is 0 Å². The lowest BCUT2D eigenvalue weighted by molar-refractivity contribution is -0.346. The predicted molar refractivity (Wildman–Crippen MR) is 234 cm³/mol. The van der Waals surface area contributed by atoms with E-state index in [-0.39, 0.29) is 41.9 Å². The molecule has 1 saturated heterocycles. The fourth-order valence-electron chi connectivity index (χ4n) is 10.5. The SMILES string of the molecule is CCOC(=O)OC(C(=O)OC1C[C@@]2(O)[C@@H](OC(=O)c3ccccc3)[C@@H]3[C@]4(OC(C)=O)CO[C@@H]4C[C@H](O)[C@@]3(C)C(=O)[C@H](OC(C)=O)C(=C1C)C2(C)C)[C@@H](NC(=O)c1ccccc1)c1ccccc1. The zero-order valence-electron chi connectivity index (χ0n) is 38.2. The van der Waals surface area contributed by atoms with Gasteiger partial charge in [-0.1, -0.05) is 80.6 Å². The Balaban J connectivity index is 1.42. The molecule has 17 nitrogen and oxygen atoms in total. The van der Waals surface area contributed by atoms with E-state index in [4.69, 9.17) is 33.2 Å². The Bertz CT molecular complexity index is 2440. The number of amides is 1. The number of carbonyl (C=O) groups is 7. The van der Waals surface area contributed by atoms with E-state index in [1.807, 2.05) is 0 Å². The molecule has 0 aromatic heterocycles. The fourth-order valence-corrected chi connectivity index (χ4v) is 10.5. The van der Waals surface area contributed by atoms with Gasteiger partial charge in [0.25, 0.3) is 5.91 Å². The second-order valence-electron chi connectivity index (χ2n) is 18.1. The third-order valence-electron chi connectivity index (χ3n) is 13.9. The number of aliphatic hydroxyl groups excluding tert-OH is 1. The molecule has 1 amide bonds. The molecule has 3 aliphatic carbocycles. The van der Waals surface area contributed by atoms with Gasteiger partial charge in [0.15, 0.2) is 17.5 Å². The number of esters is 4. The smallest absolute Gasteiger partial charge is 0.455 e. The summed E-state index contributed by atoms with van der Waals surface area (Å²) in [5.41, 5.74) is -7.41. The number of Topliss-reactive ketones (excluding diaryl/α,β-unsaturated/α-hetero) is 1. The summed E-state index contributed by atoms with van der Waals surface area (Å²) in [6.07, 6.45) is -12.0. The summed E-state index contributed by atoms with van der Waals surface area (Å²) in [5.74, 6) is -7.04. The number of ketones is 1. The molecule has 67 heavy (non-hydrogen) atoms. The van der Waals surface area contributed by atoms with Crippen molar-refractivity contribution in [1.29, 1.82) is 0 Å². The summed E-state index contributed by atoms with van der Waals surface area (Å²) in [7, 11) is 0. The van der Waals surface area contributed by atoms with Gasteiger partial charge in [0.05, 0.1) is 36.2 Å². The van der Waals surface area contributed by atoms with Crippen molar-refractivity contribution in [2.45, 2.75) is 115 Å². The molecule has 11 atom stereocenters. The zero-order chi connectivity index (χ0) is 48.6. The van der Waals surface area contributed by atoms with Crippen LogP contribution in [0.15, 0.2) is 102 Å². The Morgan fingerprint density at radius 1 is 0.836 bits per heavy atom. The van der Waals surface area contributed by atoms with Gasteiger partial charge >= 0.3 is 30.0 Å². The van der Waals surface area contributed by atoms with Crippen LogP contribution in [0.2, 0.25) is 0 Å². The summed E-state index contributed by atoms with van der Waals surface area (Å²) in [5, 5.41) is 28.8. The Kier molecular flexibility index (Phi) is 13.5. The fraction of sp³-hybridized carbons (Fsp3) is 0.460. The van der Waals surface area contributed by atoms with Crippen molar-refractivity contribution in [2.24, 2.45) is 16.7 Å². The van der Waals surface area contributed by atoms with Crippen LogP contribution in [-0.2, 0) is 52.3 Å². The standard InChI is InChI=1S/C50H55NO16/c1-8-61-46(59)65-39(37(30-18-12-9-13-19-30)51-43(56)31-20-14-10-15-21-31)45(58)64-33-25-50(60)42(66-44(57)32-22-16-11-17-23-32)40-48(7,34(54)24-35-49(40,26-62-35)67-29(4)53)41(55)38(63-28(3)52)36(27(33)2)47(50,5)6/h9-23,33-35,37-40,42,54,60H,8,24-26H2,1-7H3,(H,51,56)/t33?,34-,35+,37-,38+,39?,40-,42-,48+,49-,50+/m0/s1. The first kappa shape index (κ1) is 48.5. The molecule has 3 aromatic carbocycles. The van der Waals surface area contributed by atoms with E-state index in [0.717, 1.165) is 13.8 Å². The number of nitrogens with one attached hydrogen (secondary N) is 1. The highest BCUT2D eigenvalue weighted by atomic mass is 16.7. The highest BCUT2D eigenvalue weighted by Crippen LogP contribution is 2.64. The van der Waals surface area contributed by atoms with Crippen molar-refractivity contribution in [2.75, 3.05) is 13.2 Å². The van der Waals surface area contributed by atoms with Crippen molar-refractivity contribution >= 4 is 41.7 Å². The number of ether oxygens (including phenoxy) is 7. The van der Waals surface area contributed by atoms with E-state index in [9.17, 15) is 39.0 Å². The zero-order valence-corrected chi connectivity index (χ0v) is 38.2. The minimum Gasteiger partial charge on any atom is -0.455 e. The Hall–Kier alpha value is -6.43. The van der Waals surface area contributed by atoms with Crippen LogP contribution < -0.4 is 5.32 Å². The maximum atomic E-state index is 15.6. The van der Waals surface area contributed by atoms with E-state index in [2.05, 4.69) is 5.32 Å². The van der Waals surface area contributed by atoms with Crippen LogP contribution in [0.3, 0.4) is 0 Å². The van der Waals surface area contributed by atoms with Crippen LogP contribution in [0.5, 0.6) is 0 Å². The van der Waals surface area contributed by atoms with Crippen molar-refractivity contribution in [3.05, 3.63) is 119 Å². The van der Waals surface area contributed by atoms with E-state index >= 15 is 4.79 Å². The normalized spacial score (nSPS) is 30.2. The first-order valence-electron chi connectivity index (χ1n) is 22.1. The number of benzene rings is 3. The van der Waals surface area contributed by atoms with Crippen LogP contribution in [0, 0.1) is 16.7 Å². The summed E-state index contributed by atoms with van der Waals surface area (Å²) in [4.78, 5) is 98.1. The highest BCUT2D eigenvalue weighted by Gasteiger charge is 2.78. The number of aliphatic hydroxyl groups is 2. The average molecular weight is 926 g/mol. The molecular formula is C50H55NO16. The van der Waals surface area contributed by atoms with Gasteiger partial charge < -0.3 is 48.7 Å². The van der Waals surface area contributed by atoms with Crippen LogP contribution in [0.4, 0.5) is 4.79 Å². The maximum absolute atomic E-state index is 15.6. The molecule has 2 saturated carbocycles. The summed E-state index contributed by atoms with van der Waals surface area (Å²) in [6.45, 7) is 9.23. The molecule has 1 aliphatic heterocycles. The number of hydrogen-bond donors (Lipinski definition) is 3. The van der Waals surface area contributed by atoms with Gasteiger partial charge in [-0.2, -0.15) is 0 Å². The summed E-state index contributed by atoms with van der Waals surface area (Å²) >= 11 is 0. The molecule has 3 N–H and O–H groups in total. The van der Waals surface area contributed by atoms with Gasteiger partial charge in [-0.15, -0.1) is 0 Å². The van der Waals surface area contributed by atoms with Crippen LogP contribution in [0.25, 0.3) is 0 Å². The molecule has 17 heteroatoms. The number of carbonyl (C=O) groups excluding carboxylic acids is 7. The first-order valence-corrected chi connectivity index (χ1v) is 22.1. The molecule has 2 unspecified atom stereocenters. The van der Waals surface area contributed by atoms with E-state index < -0.39 is 119 Å². The lowest BCUT2D eigenvalue weighted by Gasteiger charge is -2.67. The van der Waals surface area contributed by atoms with Crippen molar-refractivity contribution in [1.82, 2.24) is 5.32 Å². The number of hydrogen-bond acceptors (Lipinski definition) is 16. The van der Waals surface area contributed by atoms with Gasteiger partial charge in [0, 0.05) is 37.7 Å². The number of fused-ring (bicyclic) bond motifs is 5. The molecule has 7 rings (SSSR count). The lowest BCUT2D eigenvalue weighted by atomic mass is 9.44. The van der Waals surface area contributed by atoms with Crippen molar-refractivity contribution in [3.63, 3.8) is 0 Å². The minimum absolute atomic E-state index is 0.0414. The van der Waals surface area contributed by atoms with Crippen LogP contribution in [-0.4, -0.2) is 113 Å². The largest absolute Gasteiger partial charge is 0.509 e. The monoisotopic (exact) mass is 925 g/mol. The maximum Gasteiger partial charge on any atom is 0.509 e. The second kappa shape index (κ2) is 18.7. The molecule has 2 bridgehead atoms. The van der Waals surface area contributed by atoms with E-state index in [1.165, 1.54) is 32.9 Å². The second-order valence-corrected chi connectivity index (χ2v) is 18.1. The molecule has 1 heterocycles. The summed E-state index contributed by atoms with van der Waals surface area (Å²) < 4.78 is 41.4.